The maximum Gasteiger partial charge on any atom is 0.257 e. The summed E-state index contributed by atoms with van der Waals surface area (Å²) in [6.07, 6.45) is 2.69. The van der Waals surface area contributed by atoms with Crippen LogP contribution in [0.25, 0.3) is 11.3 Å². The van der Waals surface area contributed by atoms with Gasteiger partial charge in [0.1, 0.15) is 5.69 Å². The van der Waals surface area contributed by atoms with Crippen LogP contribution in [0.3, 0.4) is 0 Å². The first-order chi connectivity index (χ1) is 10.9. The van der Waals surface area contributed by atoms with E-state index in [4.69, 9.17) is 17.3 Å². The highest BCUT2D eigenvalue weighted by Gasteiger charge is 2.36. The van der Waals surface area contributed by atoms with Gasteiger partial charge in [-0.3, -0.25) is 9.48 Å². The molecule has 1 amide bonds. The largest absolute Gasteiger partial charge is 0.338 e. The average Bonchev–Trinajstić information content (AvgIpc) is 3.11. The summed E-state index contributed by atoms with van der Waals surface area (Å²) in [7, 11) is 1.81. The Kier molecular flexibility index (Phi) is 5.58. The zero-order chi connectivity index (χ0) is 16.6. The minimum Gasteiger partial charge on any atom is -0.338 e. The summed E-state index contributed by atoms with van der Waals surface area (Å²) < 4.78 is 1.66. The predicted molar refractivity (Wildman–Crippen MR) is 98.6 cm³/mol. The van der Waals surface area contributed by atoms with Crippen molar-refractivity contribution in [1.82, 2.24) is 14.7 Å². The molecule has 130 valence electrons. The summed E-state index contributed by atoms with van der Waals surface area (Å²) in [6, 6.07) is 7.45. The van der Waals surface area contributed by atoms with Crippen molar-refractivity contribution in [2.45, 2.75) is 13.3 Å². The molecule has 1 unspecified atom stereocenters. The van der Waals surface area contributed by atoms with Gasteiger partial charge in [-0.05, 0) is 24.4 Å². The second kappa shape index (κ2) is 7.13. The molecular formula is C17H22Cl2N4O. The molecule has 5 nitrogen and oxygen atoms in total. The smallest absolute Gasteiger partial charge is 0.257 e. The van der Waals surface area contributed by atoms with Crippen LogP contribution in [0.15, 0.2) is 30.5 Å². The van der Waals surface area contributed by atoms with E-state index >= 15 is 0 Å². The number of rotatable bonds is 3. The van der Waals surface area contributed by atoms with Crippen molar-refractivity contribution in [3.8, 4) is 11.3 Å². The molecule has 2 N–H and O–H groups in total. The molecule has 0 aliphatic carbocycles. The third kappa shape index (κ3) is 3.43. The maximum absolute atomic E-state index is 13.0. The Morgan fingerprint density at radius 1 is 1.42 bits per heavy atom. The quantitative estimate of drug-likeness (QED) is 0.905. The number of nitrogens with two attached hydrogens (primary N) is 1. The number of benzene rings is 1. The lowest BCUT2D eigenvalue weighted by Crippen LogP contribution is -2.34. The number of aromatic nitrogens is 2. The lowest BCUT2D eigenvalue weighted by atomic mass is 9.90. The Morgan fingerprint density at radius 2 is 2.12 bits per heavy atom. The summed E-state index contributed by atoms with van der Waals surface area (Å²) in [5.41, 5.74) is 7.84. The molecular weight excluding hydrogens is 347 g/mol. The normalized spacial score (nSPS) is 20.1. The third-order valence-electron chi connectivity index (χ3n) is 4.53. The van der Waals surface area contributed by atoms with E-state index < -0.39 is 0 Å². The van der Waals surface area contributed by atoms with Crippen LogP contribution in [0.2, 0.25) is 5.02 Å². The van der Waals surface area contributed by atoms with E-state index in [-0.39, 0.29) is 23.7 Å². The highest BCUT2D eigenvalue weighted by atomic mass is 35.5. The number of hydrogen-bond donors (Lipinski definition) is 1. The highest BCUT2D eigenvalue weighted by molar-refractivity contribution is 6.33. The minimum atomic E-state index is -0.00908. The molecule has 1 aliphatic rings. The second-order valence-electron chi connectivity index (χ2n) is 6.54. The van der Waals surface area contributed by atoms with Crippen LogP contribution in [-0.4, -0.2) is 40.2 Å². The van der Waals surface area contributed by atoms with Gasteiger partial charge < -0.3 is 10.6 Å². The standard InChI is InChI=1S/C17H21ClN4O.ClH/c1-17(10-19)7-8-22(11-17)16(23)13-9-21(2)20-15(13)12-5-3-4-6-14(12)18;/h3-6,9H,7-8,10-11,19H2,1-2H3;1H. The topological polar surface area (TPSA) is 64.2 Å². The molecule has 24 heavy (non-hydrogen) atoms. The first-order valence-electron chi connectivity index (χ1n) is 7.71. The van der Waals surface area contributed by atoms with Crippen LogP contribution in [0, 0.1) is 5.41 Å². The van der Waals surface area contributed by atoms with E-state index in [0.29, 0.717) is 29.4 Å². The number of aryl methyl sites for hydroxylation is 1. The number of halogens is 2. The maximum atomic E-state index is 13.0. The number of hydrogen-bond acceptors (Lipinski definition) is 3. The Bertz CT molecular complexity index is 746. The Hall–Kier alpha value is -1.56. The fourth-order valence-corrected chi connectivity index (χ4v) is 3.26. The molecule has 0 spiro atoms. The van der Waals surface area contributed by atoms with Gasteiger partial charge >= 0.3 is 0 Å². The van der Waals surface area contributed by atoms with Gasteiger partial charge in [-0.1, -0.05) is 36.7 Å². The molecule has 1 aromatic heterocycles. The third-order valence-corrected chi connectivity index (χ3v) is 4.86. The first-order valence-corrected chi connectivity index (χ1v) is 8.09. The zero-order valence-corrected chi connectivity index (χ0v) is 15.4. The molecule has 1 aromatic carbocycles. The molecule has 0 radical (unpaired) electrons. The van der Waals surface area contributed by atoms with E-state index in [1.807, 2.05) is 30.1 Å². The fourth-order valence-electron chi connectivity index (χ4n) is 3.03. The molecule has 3 rings (SSSR count). The number of carbonyl (C=O) groups is 1. The number of likely N-dealkylation sites (tertiary alicyclic amines) is 1. The van der Waals surface area contributed by atoms with E-state index in [1.165, 1.54) is 0 Å². The van der Waals surface area contributed by atoms with Gasteiger partial charge in [0, 0.05) is 31.9 Å². The molecule has 1 aliphatic heterocycles. The SMILES string of the molecule is Cl.Cn1cc(C(=O)N2CCC(C)(CN)C2)c(-c2ccccc2Cl)n1. The molecule has 7 heteroatoms. The van der Waals surface area contributed by atoms with Crippen LogP contribution in [0.4, 0.5) is 0 Å². The molecule has 2 heterocycles. The van der Waals surface area contributed by atoms with Crippen LogP contribution < -0.4 is 5.73 Å². The van der Waals surface area contributed by atoms with Crippen LogP contribution >= 0.6 is 24.0 Å². The summed E-state index contributed by atoms with van der Waals surface area (Å²) in [5, 5.41) is 5.04. The van der Waals surface area contributed by atoms with Crippen molar-refractivity contribution in [2.24, 2.45) is 18.2 Å². The van der Waals surface area contributed by atoms with Gasteiger partial charge in [-0.2, -0.15) is 5.10 Å². The molecule has 1 saturated heterocycles. The monoisotopic (exact) mass is 368 g/mol. The highest BCUT2D eigenvalue weighted by Crippen LogP contribution is 2.33. The average molecular weight is 369 g/mol. The van der Waals surface area contributed by atoms with Crippen LogP contribution in [0.1, 0.15) is 23.7 Å². The molecule has 0 saturated carbocycles. The van der Waals surface area contributed by atoms with E-state index in [0.717, 1.165) is 18.5 Å². The molecule has 1 fully saturated rings. The van der Waals surface area contributed by atoms with Gasteiger partial charge in [0.25, 0.3) is 5.91 Å². The minimum absolute atomic E-state index is 0. The first kappa shape index (κ1) is 18.8. The lowest BCUT2D eigenvalue weighted by molar-refractivity contribution is 0.0777. The van der Waals surface area contributed by atoms with Crippen molar-refractivity contribution in [1.29, 1.82) is 0 Å². The van der Waals surface area contributed by atoms with Crippen LogP contribution in [0.5, 0.6) is 0 Å². The summed E-state index contributed by atoms with van der Waals surface area (Å²) in [5.74, 6) is -0.00908. The number of carbonyl (C=O) groups excluding carboxylic acids is 1. The van der Waals surface area contributed by atoms with Crippen molar-refractivity contribution in [3.05, 3.63) is 41.0 Å². The van der Waals surface area contributed by atoms with Crippen molar-refractivity contribution < 1.29 is 4.79 Å². The van der Waals surface area contributed by atoms with Gasteiger partial charge in [-0.25, -0.2) is 0 Å². The second-order valence-corrected chi connectivity index (χ2v) is 6.94. The van der Waals surface area contributed by atoms with Gasteiger partial charge in [0.05, 0.1) is 10.6 Å². The van der Waals surface area contributed by atoms with Crippen molar-refractivity contribution >= 4 is 29.9 Å². The Labute approximate surface area is 153 Å². The van der Waals surface area contributed by atoms with Crippen LogP contribution in [-0.2, 0) is 7.05 Å². The Morgan fingerprint density at radius 3 is 2.75 bits per heavy atom. The van der Waals surface area contributed by atoms with Crippen molar-refractivity contribution in [3.63, 3.8) is 0 Å². The van der Waals surface area contributed by atoms with Crippen molar-refractivity contribution in [2.75, 3.05) is 19.6 Å². The fraction of sp³-hybridized carbons (Fsp3) is 0.412. The summed E-state index contributed by atoms with van der Waals surface area (Å²) in [6.45, 7) is 4.11. The van der Waals surface area contributed by atoms with E-state index in [2.05, 4.69) is 12.0 Å². The van der Waals surface area contributed by atoms with Gasteiger partial charge in [-0.15, -0.1) is 12.4 Å². The van der Waals surface area contributed by atoms with E-state index in [1.54, 1.807) is 16.9 Å². The molecule has 0 bridgehead atoms. The van der Waals surface area contributed by atoms with E-state index in [9.17, 15) is 4.79 Å². The summed E-state index contributed by atoms with van der Waals surface area (Å²) in [4.78, 5) is 14.8. The lowest BCUT2D eigenvalue weighted by Gasteiger charge is -2.22. The number of nitrogens with zero attached hydrogens (tertiary/aromatic N) is 3. The molecule has 2 aromatic rings. The summed E-state index contributed by atoms with van der Waals surface area (Å²) >= 11 is 6.28. The zero-order valence-electron chi connectivity index (χ0n) is 13.8. The van der Waals surface area contributed by atoms with Gasteiger partial charge in [0.15, 0.2) is 0 Å². The molecule has 1 atom stereocenters. The van der Waals surface area contributed by atoms with Gasteiger partial charge in [0.2, 0.25) is 0 Å². The predicted octanol–water partition coefficient (Wildman–Crippen LogP) is 2.97. The Balaban J connectivity index is 0.00000208. The number of amides is 1.